The number of carboxylic acid groups (broad SMARTS) is 1. The van der Waals surface area contributed by atoms with Crippen molar-refractivity contribution in [1.82, 2.24) is 0 Å². The topological polar surface area (TPSA) is 46.5 Å². The molecule has 0 bridgehead atoms. The second-order valence-corrected chi connectivity index (χ2v) is 5.04. The molecule has 20 heavy (non-hydrogen) atoms. The predicted octanol–water partition coefficient (Wildman–Crippen LogP) is 4.33. The Hall–Kier alpha value is -2.00. The largest absolute Gasteiger partial charge is 0.496 e. The van der Waals surface area contributed by atoms with E-state index in [-0.39, 0.29) is 5.56 Å². The van der Waals surface area contributed by atoms with Gasteiger partial charge in [0.2, 0.25) is 0 Å². The minimum Gasteiger partial charge on any atom is -0.496 e. The highest BCUT2D eigenvalue weighted by atomic mass is 35.5. The SMILES string of the molecule is COc1cc(C)c(-c2ccc(C(=O)O)cc2Cl)cc1C. The van der Waals surface area contributed by atoms with E-state index in [0.717, 1.165) is 28.0 Å². The fourth-order valence-corrected chi connectivity index (χ4v) is 2.45. The molecule has 2 rings (SSSR count). The maximum atomic E-state index is 10.9. The first-order valence-electron chi connectivity index (χ1n) is 6.12. The number of benzene rings is 2. The quantitative estimate of drug-likeness (QED) is 0.915. The molecular weight excluding hydrogens is 276 g/mol. The van der Waals surface area contributed by atoms with Crippen molar-refractivity contribution < 1.29 is 14.6 Å². The van der Waals surface area contributed by atoms with Crippen molar-refractivity contribution in [3.63, 3.8) is 0 Å². The molecular formula is C16H15ClO3. The zero-order valence-electron chi connectivity index (χ0n) is 11.5. The van der Waals surface area contributed by atoms with Gasteiger partial charge >= 0.3 is 5.97 Å². The molecule has 2 aromatic carbocycles. The van der Waals surface area contributed by atoms with E-state index >= 15 is 0 Å². The van der Waals surface area contributed by atoms with Crippen LogP contribution < -0.4 is 4.74 Å². The van der Waals surface area contributed by atoms with Crippen LogP contribution in [-0.4, -0.2) is 18.2 Å². The zero-order valence-corrected chi connectivity index (χ0v) is 12.3. The average molecular weight is 291 g/mol. The van der Waals surface area contributed by atoms with Crippen LogP contribution >= 0.6 is 11.6 Å². The fraction of sp³-hybridized carbons (Fsp3) is 0.188. The molecule has 2 aromatic rings. The highest BCUT2D eigenvalue weighted by molar-refractivity contribution is 6.33. The van der Waals surface area contributed by atoms with E-state index in [1.54, 1.807) is 19.2 Å². The predicted molar refractivity (Wildman–Crippen MR) is 79.9 cm³/mol. The highest BCUT2D eigenvalue weighted by Crippen LogP contribution is 2.34. The summed E-state index contributed by atoms with van der Waals surface area (Å²) in [7, 11) is 1.63. The Kier molecular flexibility index (Phi) is 4.00. The summed E-state index contributed by atoms with van der Waals surface area (Å²) < 4.78 is 5.29. The molecule has 0 atom stereocenters. The fourth-order valence-electron chi connectivity index (χ4n) is 2.17. The summed E-state index contributed by atoms with van der Waals surface area (Å²) in [5, 5.41) is 9.39. The van der Waals surface area contributed by atoms with Crippen molar-refractivity contribution in [3.8, 4) is 16.9 Å². The molecule has 0 aliphatic rings. The van der Waals surface area contributed by atoms with Crippen molar-refractivity contribution in [3.05, 3.63) is 52.0 Å². The maximum absolute atomic E-state index is 10.9. The van der Waals surface area contributed by atoms with Crippen LogP contribution in [0.1, 0.15) is 21.5 Å². The van der Waals surface area contributed by atoms with Crippen molar-refractivity contribution in [2.75, 3.05) is 7.11 Å². The first-order valence-corrected chi connectivity index (χ1v) is 6.50. The number of hydrogen-bond acceptors (Lipinski definition) is 2. The van der Waals surface area contributed by atoms with Crippen LogP contribution in [0.25, 0.3) is 11.1 Å². The van der Waals surface area contributed by atoms with Crippen LogP contribution in [-0.2, 0) is 0 Å². The number of halogens is 1. The standard InChI is InChI=1S/C16H15ClO3/c1-9-7-15(20-3)10(2)6-13(9)12-5-4-11(16(18)19)8-14(12)17/h4-8H,1-3H3,(H,18,19). The monoisotopic (exact) mass is 290 g/mol. The van der Waals surface area contributed by atoms with Gasteiger partial charge in [-0.2, -0.15) is 0 Å². The molecule has 4 heteroatoms. The first kappa shape index (κ1) is 14.4. The Bertz CT molecular complexity index is 678. The number of methoxy groups -OCH3 is 1. The first-order chi connectivity index (χ1) is 9.43. The lowest BCUT2D eigenvalue weighted by atomic mass is 9.97. The van der Waals surface area contributed by atoms with Gasteiger partial charge in [-0.25, -0.2) is 4.79 Å². The van der Waals surface area contributed by atoms with E-state index in [0.29, 0.717) is 5.02 Å². The van der Waals surface area contributed by atoms with E-state index in [1.165, 1.54) is 6.07 Å². The minimum atomic E-state index is -0.985. The van der Waals surface area contributed by atoms with Gasteiger partial charge in [0, 0.05) is 10.6 Å². The highest BCUT2D eigenvalue weighted by Gasteiger charge is 2.12. The third-order valence-corrected chi connectivity index (χ3v) is 3.56. The van der Waals surface area contributed by atoms with E-state index in [1.807, 2.05) is 26.0 Å². The Morgan fingerprint density at radius 3 is 2.35 bits per heavy atom. The smallest absolute Gasteiger partial charge is 0.335 e. The van der Waals surface area contributed by atoms with Crippen LogP contribution in [0.3, 0.4) is 0 Å². The molecule has 3 nitrogen and oxygen atoms in total. The number of rotatable bonds is 3. The maximum Gasteiger partial charge on any atom is 0.335 e. The summed E-state index contributed by atoms with van der Waals surface area (Å²) >= 11 is 6.21. The van der Waals surface area contributed by atoms with Gasteiger partial charge in [-0.1, -0.05) is 17.7 Å². The average Bonchev–Trinajstić information content (AvgIpc) is 2.41. The molecule has 0 saturated carbocycles. The Morgan fingerprint density at radius 2 is 1.80 bits per heavy atom. The molecule has 0 fully saturated rings. The van der Waals surface area contributed by atoms with Crippen molar-refractivity contribution >= 4 is 17.6 Å². The molecule has 0 saturated heterocycles. The van der Waals surface area contributed by atoms with Gasteiger partial charge in [0.15, 0.2) is 0 Å². The zero-order chi connectivity index (χ0) is 14.9. The number of hydrogen-bond donors (Lipinski definition) is 1. The number of carboxylic acids is 1. The van der Waals surface area contributed by atoms with Crippen molar-refractivity contribution in [2.45, 2.75) is 13.8 Å². The molecule has 1 N–H and O–H groups in total. The lowest BCUT2D eigenvalue weighted by Gasteiger charge is -2.13. The minimum absolute atomic E-state index is 0.182. The van der Waals surface area contributed by atoms with Gasteiger partial charge in [0.25, 0.3) is 0 Å². The molecule has 0 radical (unpaired) electrons. The molecule has 0 amide bonds. The summed E-state index contributed by atoms with van der Waals surface area (Å²) in [4.78, 5) is 10.9. The van der Waals surface area contributed by atoms with Gasteiger partial charge < -0.3 is 9.84 Å². The molecule has 0 heterocycles. The summed E-state index contributed by atoms with van der Waals surface area (Å²) in [5.74, 6) is -0.161. The van der Waals surface area contributed by atoms with E-state index in [2.05, 4.69) is 0 Å². The number of ether oxygens (including phenoxy) is 1. The molecule has 0 unspecified atom stereocenters. The lowest BCUT2D eigenvalue weighted by molar-refractivity contribution is 0.0697. The van der Waals surface area contributed by atoms with E-state index in [9.17, 15) is 4.79 Å². The van der Waals surface area contributed by atoms with Crippen molar-refractivity contribution in [2.24, 2.45) is 0 Å². The van der Waals surface area contributed by atoms with Crippen LogP contribution in [0, 0.1) is 13.8 Å². The Morgan fingerprint density at radius 1 is 1.10 bits per heavy atom. The van der Waals surface area contributed by atoms with E-state index in [4.69, 9.17) is 21.4 Å². The third kappa shape index (κ3) is 2.63. The molecule has 0 aliphatic heterocycles. The molecule has 104 valence electrons. The lowest BCUT2D eigenvalue weighted by Crippen LogP contribution is -1.97. The van der Waals surface area contributed by atoms with Crippen LogP contribution in [0.15, 0.2) is 30.3 Å². The Balaban J connectivity index is 2.57. The summed E-state index contributed by atoms with van der Waals surface area (Å²) in [5.41, 5.74) is 4.01. The van der Waals surface area contributed by atoms with Gasteiger partial charge in [-0.15, -0.1) is 0 Å². The number of aromatic carboxylic acids is 1. The summed E-state index contributed by atoms with van der Waals surface area (Å²) in [6.07, 6.45) is 0. The summed E-state index contributed by atoms with van der Waals surface area (Å²) in [6, 6.07) is 8.71. The van der Waals surface area contributed by atoms with Gasteiger partial charge in [0.1, 0.15) is 5.75 Å². The van der Waals surface area contributed by atoms with Gasteiger partial charge in [-0.05, 0) is 54.8 Å². The normalized spacial score (nSPS) is 10.4. The summed E-state index contributed by atoms with van der Waals surface area (Å²) in [6.45, 7) is 3.93. The molecule has 0 aliphatic carbocycles. The third-order valence-electron chi connectivity index (χ3n) is 3.25. The Labute approximate surface area is 122 Å². The van der Waals surface area contributed by atoms with E-state index < -0.39 is 5.97 Å². The second-order valence-electron chi connectivity index (χ2n) is 4.64. The van der Waals surface area contributed by atoms with Crippen LogP contribution in [0.2, 0.25) is 5.02 Å². The van der Waals surface area contributed by atoms with Crippen LogP contribution in [0.4, 0.5) is 0 Å². The van der Waals surface area contributed by atoms with Crippen molar-refractivity contribution in [1.29, 1.82) is 0 Å². The van der Waals surface area contributed by atoms with Gasteiger partial charge in [-0.3, -0.25) is 0 Å². The van der Waals surface area contributed by atoms with Crippen LogP contribution in [0.5, 0.6) is 5.75 Å². The number of carbonyl (C=O) groups is 1. The molecule has 0 aromatic heterocycles. The number of aryl methyl sites for hydroxylation is 2. The van der Waals surface area contributed by atoms with Gasteiger partial charge in [0.05, 0.1) is 12.7 Å². The molecule has 0 spiro atoms. The second kappa shape index (κ2) is 5.55.